The zero-order valence-corrected chi connectivity index (χ0v) is 15.9. The van der Waals surface area contributed by atoms with Crippen LogP contribution in [0.4, 0.5) is 24.7 Å². The first-order valence-corrected chi connectivity index (χ1v) is 8.96. The Bertz CT molecular complexity index is 947. The summed E-state index contributed by atoms with van der Waals surface area (Å²) >= 11 is 0. The normalized spacial score (nSPS) is 11.4. The molecule has 0 saturated heterocycles. The lowest BCUT2D eigenvalue weighted by Crippen LogP contribution is -2.13. The zero-order valence-electron chi connectivity index (χ0n) is 15.9. The summed E-state index contributed by atoms with van der Waals surface area (Å²) in [5.41, 5.74) is 0.213. The van der Waals surface area contributed by atoms with E-state index in [9.17, 15) is 13.2 Å². The fourth-order valence-electron chi connectivity index (χ4n) is 2.51. The van der Waals surface area contributed by atoms with Gasteiger partial charge in [0.25, 0.3) is 0 Å². The molecular weight excluding hydrogens is 383 g/mol. The van der Waals surface area contributed by atoms with Gasteiger partial charge in [-0.15, -0.1) is 0 Å². The number of benzene rings is 2. The van der Waals surface area contributed by atoms with Gasteiger partial charge in [-0.2, -0.15) is 18.2 Å². The molecule has 0 saturated carbocycles. The number of nitrogens with one attached hydrogen (secondary N) is 1. The SMILES string of the molecule is CC(C)Oc1ccccc1Nc1nc(OCc2ccccc2)ncc1C(F)(F)F. The highest BCUT2D eigenvalue weighted by molar-refractivity contribution is 5.66. The first-order chi connectivity index (χ1) is 13.8. The molecule has 8 heteroatoms. The second-order valence-electron chi connectivity index (χ2n) is 6.47. The van der Waals surface area contributed by atoms with E-state index in [-0.39, 0.29) is 18.7 Å². The average Bonchev–Trinajstić information content (AvgIpc) is 2.67. The van der Waals surface area contributed by atoms with Crippen molar-refractivity contribution in [1.29, 1.82) is 0 Å². The molecule has 29 heavy (non-hydrogen) atoms. The first-order valence-electron chi connectivity index (χ1n) is 8.96. The number of ether oxygens (including phenoxy) is 2. The quantitative estimate of drug-likeness (QED) is 0.556. The highest BCUT2D eigenvalue weighted by atomic mass is 19.4. The summed E-state index contributed by atoms with van der Waals surface area (Å²) < 4.78 is 51.5. The van der Waals surface area contributed by atoms with Gasteiger partial charge in [0.1, 0.15) is 23.7 Å². The van der Waals surface area contributed by atoms with Crippen molar-refractivity contribution < 1.29 is 22.6 Å². The standard InChI is InChI=1S/C21H20F3N3O2/c1-14(2)29-18-11-7-6-10-17(18)26-19-16(21(22,23)24)12-25-20(27-19)28-13-15-8-4-3-5-9-15/h3-12,14H,13H2,1-2H3,(H,25,26,27). The van der Waals surface area contributed by atoms with Crippen molar-refractivity contribution in [3.8, 4) is 11.8 Å². The molecule has 2 aromatic carbocycles. The topological polar surface area (TPSA) is 56.3 Å². The minimum atomic E-state index is -4.63. The monoisotopic (exact) mass is 403 g/mol. The van der Waals surface area contributed by atoms with Crippen LogP contribution in [0.5, 0.6) is 11.8 Å². The molecule has 5 nitrogen and oxygen atoms in total. The fraction of sp³-hybridized carbons (Fsp3) is 0.238. The van der Waals surface area contributed by atoms with E-state index in [2.05, 4.69) is 15.3 Å². The Labute approximate surface area is 166 Å². The molecule has 0 fully saturated rings. The molecular formula is C21H20F3N3O2. The van der Waals surface area contributed by atoms with Gasteiger partial charge in [-0.3, -0.25) is 0 Å². The van der Waals surface area contributed by atoms with Crippen LogP contribution in [0, 0.1) is 0 Å². The van der Waals surface area contributed by atoms with E-state index in [0.29, 0.717) is 17.6 Å². The van der Waals surface area contributed by atoms with Gasteiger partial charge in [0.15, 0.2) is 0 Å². The summed E-state index contributed by atoms with van der Waals surface area (Å²) in [5, 5.41) is 2.72. The molecule has 0 bridgehead atoms. The number of para-hydroxylation sites is 2. The minimum Gasteiger partial charge on any atom is -0.489 e. The van der Waals surface area contributed by atoms with Crippen molar-refractivity contribution in [1.82, 2.24) is 9.97 Å². The van der Waals surface area contributed by atoms with Gasteiger partial charge in [-0.05, 0) is 31.5 Å². The molecule has 0 amide bonds. The number of anilines is 2. The highest BCUT2D eigenvalue weighted by Crippen LogP contribution is 2.37. The van der Waals surface area contributed by atoms with Gasteiger partial charge in [-0.1, -0.05) is 42.5 Å². The molecule has 1 N–H and O–H groups in total. The van der Waals surface area contributed by atoms with Crippen LogP contribution < -0.4 is 14.8 Å². The van der Waals surface area contributed by atoms with E-state index in [0.717, 1.165) is 5.56 Å². The Kier molecular flexibility index (Phi) is 6.21. The van der Waals surface area contributed by atoms with E-state index < -0.39 is 17.6 Å². The molecule has 0 spiro atoms. The van der Waals surface area contributed by atoms with Crippen LogP contribution >= 0.6 is 0 Å². The molecule has 0 aliphatic heterocycles. The van der Waals surface area contributed by atoms with E-state index in [4.69, 9.17) is 9.47 Å². The van der Waals surface area contributed by atoms with E-state index in [1.807, 2.05) is 44.2 Å². The predicted octanol–water partition coefficient (Wildman–Crippen LogP) is 5.61. The summed E-state index contributed by atoms with van der Waals surface area (Å²) in [7, 11) is 0. The van der Waals surface area contributed by atoms with E-state index in [1.165, 1.54) is 0 Å². The molecule has 3 rings (SSSR count). The Hall–Kier alpha value is -3.29. The average molecular weight is 403 g/mol. The Morgan fingerprint density at radius 3 is 2.38 bits per heavy atom. The van der Waals surface area contributed by atoms with Crippen molar-refractivity contribution in [2.75, 3.05) is 5.32 Å². The lowest BCUT2D eigenvalue weighted by atomic mass is 10.2. The number of hydrogen-bond donors (Lipinski definition) is 1. The van der Waals surface area contributed by atoms with Gasteiger partial charge in [0.05, 0.1) is 11.8 Å². The summed E-state index contributed by atoms with van der Waals surface area (Å²) in [5.74, 6) is 0.0105. The Morgan fingerprint density at radius 2 is 1.69 bits per heavy atom. The van der Waals surface area contributed by atoms with E-state index >= 15 is 0 Å². The smallest absolute Gasteiger partial charge is 0.421 e. The van der Waals surface area contributed by atoms with Crippen molar-refractivity contribution >= 4 is 11.5 Å². The Morgan fingerprint density at radius 1 is 1.00 bits per heavy atom. The van der Waals surface area contributed by atoms with Crippen LogP contribution in [-0.4, -0.2) is 16.1 Å². The minimum absolute atomic E-state index is 0.138. The number of rotatable bonds is 7. The number of hydrogen-bond acceptors (Lipinski definition) is 5. The predicted molar refractivity (Wildman–Crippen MR) is 103 cm³/mol. The van der Waals surface area contributed by atoms with Gasteiger partial charge in [-0.25, -0.2) is 4.98 Å². The molecule has 0 aliphatic rings. The van der Waals surface area contributed by atoms with Crippen molar-refractivity contribution in [3.05, 3.63) is 71.9 Å². The summed E-state index contributed by atoms with van der Waals surface area (Å²) in [6, 6.07) is 15.8. The van der Waals surface area contributed by atoms with Crippen LogP contribution in [0.15, 0.2) is 60.8 Å². The number of nitrogens with zero attached hydrogens (tertiary/aromatic N) is 2. The molecule has 152 valence electrons. The first kappa shape index (κ1) is 20.4. The van der Waals surface area contributed by atoms with Gasteiger partial charge in [0, 0.05) is 6.20 Å². The maximum atomic E-state index is 13.5. The highest BCUT2D eigenvalue weighted by Gasteiger charge is 2.35. The largest absolute Gasteiger partial charge is 0.489 e. The molecule has 0 unspecified atom stereocenters. The molecule has 0 aliphatic carbocycles. The lowest BCUT2D eigenvalue weighted by Gasteiger charge is -2.18. The zero-order chi connectivity index (χ0) is 20.9. The number of aromatic nitrogens is 2. The fourth-order valence-corrected chi connectivity index (χ4v) is 2.51. The number of halogens is 3. The third-order valence-electron chi connectivity index (χ3n) is 3.79. The van der Waals surface area contributed by atoms with Crippen LogP contribution in [0.25, 0.3) is 0 Å². The second kappa shape index (κ2) is 8.81. The maximum Gasteiger partial charge on any atom is 0.421 e. The molecule has 1 aromatic heterocycles. The summed E-state index contributed by atoms with van der Waals surface area (Å²) in [4.78, 5) is 7.66. The third kappa shape index (κ3) is 5.60. The van der Waals surface area contributed by atoms with Crippen LogP contribution in [0.2, 0.25) is 0 Å². The second-order valence-corrected chi connectivity index (χ2v) is 6.47. The van der Waals surface area contributed by atoms with Crippen molar-refractivity contribution in [2.45, 2.75) is 32.7 Å². The van der Waals surface area contributed by atoms with Crippen LogP contribution in [-0.2, 0) is 12.8 Å². The van der Waals surface area contributed by atoms with Crippen molar-refractivity contribution in [2.24, 2.45) is 0 Å². The molecule has 0 atom stereocenters. The van der Waals surface area contributed by atoms with Crippen molar-refractivity contribution in [3.63, 3.8) is 0 Å². The number of alkyl halides is 3. The van der Waals surface area contributed by atoms with Gasteiger partial charge < -0.3 is 14.8 Å². The molecule has 0 radical (unpaired) electrons. The summed E-state index contributed by atoms with van der Waals surface area (Å²) in [6.07, 6.45) is -4.06. The molecule has 3 aromatic rings. The summed E-state index contributed by atoms with van der Waals surface area (Å²) in [6.45, 7) is 3.80. The molecule has 1 heterocycles. The van der Waals surface area contributed by atoms with E-state index in [1.54, 1.807) is 24.3 Å². The lowest BCUT2D eigenvalue weighted by molar-refractivity contribution is -0.137. The van der Waals surface area contributed by atoms with Crippen LogP contribution in [0.1, 0.15) is 25.0 Å². The maximum absolute atomic E-state index is 13.5. The Balaban J connectivity index is 1.89. The third-order valence-corrected chi connectivity index (χ3v) is 3.79. The van der Waals surface area contributed by atoms with Gasteiger partial charge >= 0.3 is 12.2 Å². The van der Waals surface area contributed by atoms with Crippen LogP contribution in [0.3, 0.4) is 0 Å². The van der Waals surface area contributed by atoms with Gasteiger partial charge in [0.2, 0.25) is 0 Å².